The van der Waals surface area contributed by atoms with Crippen molar-refractivity contribution < 1.29 is 4.79 Å². The van der Waals surface area contributed by atoms with Gasteiger partial charge >= 0.3 is 6.03 Å². The van der Waals surface area contributed by atoms with Gasteiger partial charge in [0.15, 0.2) is 0 Å². The summed E-state index contributed by atoms with van der Waals surface area (Å²) in [6.07, 6.45) is 2.27. The normalized spacial score (nSPS) is 10.4. The van der Waals surface area contributed by atoms with Crippen LogP contribution in [-0.4, -0.2) is 30.6 Å². The van der Waals surface area contributed by atoms with Gasteiger partial charge in [-0.15, -0.1) is 0 Å². The number of nitrogens with one attached hydrogen (secondary N) is 1. The average Bonchev–Trinajstić information content (AvgIpc) is 2.21. The summed E-state index contributed by atoms with van der Waals surface area (Å²) >= 11 is 0. The van der Waals surface area contributed by atoms with Crippen LogP contribution in [0.25, 0.3) is 0 Å². The van der Waals surface area contributed by atoms with Crippen molar-refractivity contribution in [3.63, 3.8) is 0 Å². The van der Waals surface area contributed by atoms with Crippen LogP contribution in [0.4, 0.5) is 4.79 Å². The van der Waals surface area contributed by atoms with Crippen molar-refractivity contribution in [1.82, 2.24) is 10.2 Å². The molecule has 0 aromatic rings. The number of nitrogens with zero attached hydrogens (tertiary/aromatic N) is 1. The van der Waals surface area contributed by atoms with E-state index >= 15 is 0 Å². The van der Waals surface area contributed by atoms with Gasteiger partial charge in [0, 0.05) is 19.6 Å². The quantitative estimate of drug-likeness (QED) is 0.702. The molecule has 0 aliphatic rings. The highest BCUT2D eigenvalue weighted by molar-refractivity contribution is 5.74. The van der Waals surface area contributed by atoms with Gasteiger partial charge in [-0.3, -0.25) is 0 Å². The predicted molar refractivity (Wildman–Crippen MR) is 60.4 cm³/mol. The van der Waals surface area contributed by atoms with E-state index in [0.717, 1.165) is 32.5 Å². The standard InChI is InChI=1S/C11H24N2O/c1-5-10(6-2)9-12-11(14)13(7-3)8-4/h10H,5-9H2,1-4H3,(H,12,14). The van der Waals surface area contributed by atoms with Crippen LogP contribution in [-0.2, 0) is 0 Å². The SMILES string of the molecule is CCC(CC)CNC(=O)N(CC)CC. The zero-order chi connectivity index (χ0) is 11.0. The third kappa shape index (κ3) is 4.49. The monoisotopic (exact) mass is 200 g/mol. The Balaban J connectivity index is 3.81. The molecule has 0 aromatic heterocycles. The fourth-order valence-corrected chi connectivity index (χ4v) is 1.43. The summed E-state index contributed by atoms with van der Waals surface area (Å²) in [6, 6.07) is 0.0712. The minimum atomic E-state index is 0.0712. The molecule has 0 atom stereocenters. The molecule has 0 heterocycles. The lowest BCUT2D eigenvalue weighted by molar-refractivity contribution is 0.201. The first-order chi connectivity index (χ1) is 6.69. The van der Waals surface area contributed by atoms with Crippen molar-refractivity contribution in [3.05, 3.63) is 0 Å². The van der Waals surface area contributed by atoms with Gasteiger partial charge in [0.05, 0.1) is 0 Å². The Morgan fingerprint density at radius 1 is 1.14 bits per heavy atom. The molecular weight excluding hydrogens is 176 g/mol. The zero-order valence-corrected chi connectivity index (χ0v) is 9.97. The van der Waals surface area contributed by atoms with Crippen LogP contribution >= 0.6 is 0 Å². The van der Waals surface area contributed by atoms with Crippen molar-refractivity contribution in [1.29, 1.82) is 0 Å². The third-order valence-corrected chi connectivity index (χ3v) is 2.75. The number of amides is 2. The van der Waals surface area contributed by atoms with E-state index in [4.69, 9.17) is 0 Å². The lowest BCUT2D eigenvalue weighted by Gasteiger charge is -2.21. The Bertz CT molecular complexity index is 151. The van der Waals surface area contributed by atoms with Crippen LogP contribution < -0.4 is 5.32 Å². The first-order valence-electron chi connectivity index (χ1n) is 5.72. The molecule has 0 aromatic carbocycles. The maximum atomic E-state index is 11.6. The first kappa shape index (κ1) is 13.3. The number of rotatable bonds is 6. The summed E-state index contributed by atoms with van der Waals surface area (Å²) in [5, 5.41) is 2.97. The molecule has 84 valence electrons. The van der Waals surface area contributed by atoms with Gasteiger partial charge in [0.25, 0.3) is 0 Å². The average molecular weight is 200 g/mol. The van der Waals surface area contributed by atoms with Crippen LogP contribution in [0.2, 0.25) is 0 Å². The summed E-state index contributed by atoms with van der Waals surface area (Å²) < 4.78 is 0. The molecular formula is C11H24N2O. The zero-order valence-electron chi connectivity index (χ0n) is 9.97. The second kappa shape index (κ2) is 7.65. The van der Waals surface area contributed by atoms with Crippen molar-refractivity contribution in [2.45, 2.75) is 40.5 Å². The summed E-state index contributed by atoms with van der Waals surface area (Å²) in [7, 11) is 0. The van der Waals surface area contributed by atoms with Crippen LogP contribution in [0.1, 0.15) is 40.5 Å². The molecule has 1 N–H and O–H groups in total. The lowest BCUT2D eigenvalue weighted by atomic mass is 10.0. The Kier molecular flexibility index (Phi) is 7.25. The molecule has 0 spiro atoms. The maximum Gasteiger partial charge on any atom is 0.317 e. The van der Waals surface area contributed by atoms with Crippen LogP contribution in [0.5, 0.6) is 0 Å². The minimum Gasteiger partial charge on any atom is -0.338 e. The number of urea groups is 1. The van der Waals surface area contributed by atoms with E-state index in [9.17, 15) is 4.79 Å². The molecule has 2 amide bonds. The van der Waals surface area contributed by atoms with Gasteiger partial charge in [0.2, 0.25) is 0 Å². The molecule has 3 heteroatoms. The van der Waals surface area contributed by atoms with Crippen LogP contribution in [0.3, 0.4) is 0 Å². The second-order valence-corrected chi connectivity index (χ2v) is 3.54. The Labute approximate surface area is 87.9 Å². The largest absolute Gasteiger partial charge is 0.338 e. The highest BCUT2D eigenvalue weighted by Gasteiger charge is 2.10. The number of hydrogen-bond acceptors (Lipinski definition) is 1. The summed E-state index contributed by atoms with van der Waals surface area (Å²) in [5.41, 5.74) is 0. The fraction of sp³-hybridized carbons (Fsp3) is 0.909. The number of carbonyl (C=O) groups excluding carboxylic acids is 1. The van der Waals surface area contributed by atoms with Crippen molar-refractivity contribution in [2.24, 2.45) is 5.92 Å². The van der Waals surface area contributed by atoms with E-state index < -0.39 is 0 Å². The molecule has 0 aliphatic heterocycles. The molecule has 0 saturated heterocycles. The van der Waals surface area contributed by atoms with Crippen molar-refractivity contribution in [3.8, 4) is 0 Å². The molecule has 0 unspecified atom stereocenters. The Morgan fingerprint density at radius 3 is 2.00 bits per heavy atom. The Hall–Kier alpha value is -0.730. The minimum absolute atomic E-state index is 0.0712. The highest BCUT2D eigenvalue weighted by Crippen LogP contribution is 2.05. The van der Waals surface area contributed by atoms with E-state index in [1.54, 1.807) is 0 Å². The van der Waals surface area contributed by atoms with E-state index in [1.165, 1.54) is 0 Å². The van der Waals surface area contributed by atoms with Gasteiger partial charge in [-0.1, -0.05) is 26.7 Å². The molecule has 0 bridgehead atoms. The predicted octanol–water partition coefficient (Wildman–Crippen LogP) is 2.47. The molecule has 0 aliphatic carbocycles. The van der Waals surface area contributed by atoms with E-state index in [2.05, 4.69) is 19.2 Å². The van der Waals surface area contributed by atoms with Crippen molar-refractivity contribution in [2.75, 3.05) is 19.6 Å². The number of hydrogen-bond donors (Lipinski definition) is 1. The van der Waals surface area contributed by atoms with Crippen LogP contribution in [0, 0.1) is 5.92 Å². The van der Waals surface area contributed by atoms with Gasteiger partial charge in [-0.05, 0) is 19.8 Å². The van der Waals surface area contributed by atoms with Gasteiger partial charge in [-0.25, -0.2) is 4.79 Å². The molecule has 0 rings (SSSR count). The lowest BCUT2D eigenvalue weighted by Crippen LogP contribution is -2.41. The van der Waals surface area contributed by atoms with E-state index in [0.29, 0.717) is 5.92 Å². The van der Waals surface area contributed by atoms with Gasteiger partial charge < -0.3 is 10.2 Å². The van der Waals surface area contributed by atoms with Gasteiger partial charge in [-0.2, -0.15) is 0 Å². The first-order valence-corrected chi connectivity index (χ1v) is 5.72. The molecule has 3 nitrogen and oxygen atoms in total. The second-order valence-electron chi connectivity index (χ2n) is 3.54. The van der Waals surface area contributed by atoms with Crippen molar-refractivity contribution >= 4 is 6.03 Å². The summed E-state index contributed by atoms with van der Waals surface area (Å²) in [4.78, 5) is 13.4. The maximum absolute atomic E-state index is 11.6. The highest BCUT2D eigenvalue weighted by atomic mass is 16.2. The topological polar surface area (TPSA) is 32.3 Å². The van der Waals surface area contributed by atoms with Crippen LogP contribution in [0.15, 0.2) is 0 Å². The molecule has 0 radical (unpaired) electrons. The molecule has 14 heavy (non-hydrogen) atoms. The summed E-state index contributed by atoms with van der Waals surface area (Å²) in [5.74, 6) is 0.620. The fourth-order valence-electron chi connectivity index (χ4n) is 1.43. The van der Waals surface area contributed by atoms with E-state index in [-0.39, 0.29) is 6.03 Å². The third-order valence-electron chi connectivity index (χ3n) is 2.75. The van der Waals surface area contributed by atoms with E-state index in [1.807, 2.05) is 18.7 Å². The Morgan fingerprint density at radius 2 is 1.64 bits per heavy atom. The smallest absolute Gasteiger partial charge is 0.317 e. The molecule has 0 saturated carbocycles. The van der Waals surface area contributed by atoms with Gasteiger partial charge in [0.1, 0.15) is 0 Å². The number of carbonyl (C=O) groups is 1. The summed E-state index contributed by atoms with van der Waals surface area (Å²) in [6.45, 7) is 10.7. The molecule has 0 fully saturated rings.